The van der Waals surface area contributed by atoms with Crippen molar-refractivity contribution in [1.82, 2.24) is 14.8 Å². The van der Waals surface area contributed by atoms with Crippen molar-refractivity contribution in [2.45, 2.75) is 6.54 Å². The van der Waals surface area contributed by atoms with Crippen LogP contribution in [0.4, 0.5) is 15.8 Å². The molecule has 0 bridgehead atoms. The first kappa shape index (κ1) is 13.4. The summed E-state index contributed by atoms with van der Waals surface area (Å²) in [5.74, 6) is -0.681. The molecule has 0 amide bonds. The molecule has 1 aromatic heterocycles. The molecule has 0 saturated heterocycles. The lowest BCUT2D eigenvalue weighted by atomic mass is 10.2. The zero-order valence-corrected chi connectivity index (χ0v) is 11.2. The number of halogens is 2. The Kier molecular flexibility index (Phi) is 4.05. The number of aromatic nitrogens is 3. The average Bonchev–Trinajstić information content (AvgIpc) is 2.85. The second kappa shape index (κ2) is 5.74. The minimum atomic E-state index is -0.681. The lowest BCUT2D eigenvalue weighted by molar-refractivity contribution is -0.385. The molecule has 1 N–H and O–H groups in total. The third-order valence-electron chi connectivity index (χ3n) is 2.35. The molecule has 0 spiro atoms. The van der Waals surface area contributed by atoms with E-state index < -0.39 is 10.7 Å². The van der Waals surface area contributed by atoms with E-state index in [0.29, 0.717) is 17.6 Å². The second-order valence-corrected chi connectivity index (χ2v) is 4.48. The average molecular weight is 330 g/mol. The Morgan fingerprint density at radius 3 is 2.89 bits per heavy atom. The summed E-state index contributed by atoms with van der Waals surface area (Å²) in [6, 6.07) is 2.13. The first-order valence-electron chi connectivity index (χ1n) is 5.27. The standard InChI is InChI=1S/C10H9BrFN5O2/c11-8-3-7(17(18)19)4-9(12)10(8)14-1-2-16-6-13-5-15-16/h3-6,14H,1-2H2. The van der Waals surface area contributed by atoms with Crippen molar-refractivity contribution in [3.05, 3.63) is 45.2 Å². The van der Waals surface area contributed by atoms with Crippen molar-refractivity contribution in [1.29, 1.82) is 0 Å². The molecule has 100 valence electrons. The molecule has 0 aliphatic rings. The normalized spacial score (nSPS) is 10.4. The van der Waals surface area contributed by atoms with Crippen LogP contribution in [0, 0.1) is 15.9 Å². The third-order valence-corrected chi connectivity index (χ3v) is 2.97. The molecule has 0 aliphatic carbocycles. The summed E-state index contributed by atoms with van der Waals surface area (Å²) in [6.45, 7) is 0.916. The topological polar surface area (TPSA) is 85.9 Å². The van der Waals surface area contributed by atoms with Gasteiger partial charge in [0.15, 0.2) is 5.82 Å². The SMILES string of the molecule is O=[N+]([O-])c1cc(F)c(NCCn2cncn2)c(Br)c1. The number of nitro groups is 1. The van der Waals surface area contributed by atoms with Crippen molar-refractivity contribution >= 4 is 27.3 Å². The number of hydrogen-bond donors (Lipinski definition) is 1. The molecule has 2 rings (SSSR count). The lowest BCUT2D eigenvalue weighted by Gasteiger charge is -2.09. The lowest BCUT2D eigenvalue weighted by Crippen LogP contribution is -2.12. The van der Waals surface area contributed by atoms with Gasteiger partial charge in [-0.05, 0) is 15.9 Å². The van der Waals surface area contributed by atoms with E-state index in [0.717, 1.165) is 6.07 Å². The Bertz CT molecular complexity index is 567. The highest BCUT2D eigenvalue weighted by Gasteiger charge is 2.15. The van der Waals surface area contributed by atoms with Crippen LogP contribution in [0.25, 0.3) is 0 Å². The summed E-state index contributed by atoms with van der Waals surface area (Å²) in [7, 11) is 0. The van der Waals surface area contributed by atoms with E-state index in [4.69, 9.17) is 0 Å². The van der Waals surface area contributed by atoms with E-state index in [9.17, 15) is 14.5 Å². The van der Waals surface area contributed by atoms with Gasteiger partial charge in [0, 0.05) is 12.6 Å². The van der Waals surface area contributed by atoms with Gasteiger partial charge in [0.2, 0.25) is 0 Å². The molecule has 7 nitrogen and oxygen atoms in total. The van der Waals surface area contributed by atoms with Gasteiger partial charge >= 0.3 is 0 Å². The second-order valence-electron chi connectivity index (χ2n) is 3.63. The first-order valence-corrected chi connectivity index (χ1v) is 6.07. The van der Waals surface area contributed by atoms with Crippen LogP contribution >= 0.6 is 15.9 Å². The smallest absolute Gasteiger partial charge is 0.273 e. The molecule has 0 atom stereocenters. The number of benzene rings is 1. The van der Waals surface area contributed by atoms with Crippen molar-refractivity contribution < 1.29 is 9.31 Å². The van der Waals surface area contributed by atoms with E-state index >= 15 is 0 Å². The van der Waals surface area contributed by atoms with Crippen molar-refractivity contribution in [2.75, 3.05) is 11.9 Å². The number of rotatable bonds is 5. The number of nitrogens with zero attached hydrogens (tertiary/aromatic N) is 4. The summed E-state index contributed by atoms with van der Waals surface area (Å²) in [5.41, 5.74) is -0.114. The monoisotopic (exact) mass is 329 g/mol. The van der Waals surface area contributed by atoms with Crippen molar-refractivity contribution in [2.24, 2.45) is 0 Å². The molecule has 2 aromatic rings. The van der Waals surface area contributed by atoms with E-state index in [1.54, 1.807) is 11.0 Å². The van der Waals surface area contributed by atoms with Gasteiger partial charge in [-0.2, -0.15) is 5.10 Å². The zero-order chi connectivity index (χ0) is 13.8. The molecule has 1 heterocycles. The Labute approximate surface area is 115 Å². The Morgan fingerprint density at radius 2 is 2.32 bits per heavy atom. The zero-order valence-electron chi connectivity index (χ0n) is 9.58. The summed E-state index contributed by atoms with van der Waals surface area (Å²) < 4.78 is 15.6. The van der Waals surface area contributed by atoms with E-state index in [-0.39, 0.29) is 11.4 Å². The summed E-state index contributed by atoms with van der Waals surface area (Å²) >= 11 is 3.10. The largest absolute Gasteiger partial charge is 0.380 e. The molecule has 0 aliphatic heterocycles. The molecule has 0 fully saturated rings. The van der Waals surface area contributed by atoms with Gasteiger partial charge in [-0.1, -0.05) is 0 Å². The van der Waals surface area contributed by atoms with E-state index in [1.807, 2.05) is 0 Å². The van der Waals surface area contributed by atoms with Crippen molar-refractivity contribution in [3.63, 3.8) is 0 Å². The fraction of sp³-hybridized carbons (Fsp3) is 0.200. The highest BCUT2D eigenvalue weighted by Crippen LogP contribution is 2.30. The minimum absolute atomic E-state index is 0.186. The van der Waals surface area contributed by atoms with Crippen LogP contribution in [0.2, 0.25) is 0 Å². The van der Waals surface area contributed by atoms with Crippen LogP contribution in [-0.2, 0) is 6.54 Å². The van der Waals surface area contributed by atoms with Gasteiger partial charge in [0.05, 0.1) is 27.7 Å². The predicted molar refractivity (Wildman–Crippen MR) is 69.3 cm³/mol. The predicted octanol–water partition coefficient (Wildman–Crippen LogP) is 2.20. The third kappa shape index (κ3) is 3.25. The highest BCUT2D eigenvalue weighted by atomic mass is 79.9. The molecule has 0 radical (unpaired) electrons. The number of nitro benzene ring substituents is 1. The summed E-state index contributed by atoms with van der Waals surface area (Å²) in [5, 5.41) is 17.3. The fourth-order valence-electron chi connectivity index (χ4n) is 1.48. The van der Waals surface area contributed by atoms with E-state index in [2.05, 4.69) is 31.3 Å². The molecule has 9 heteroatoms. The van der Waals surface area contributed by atoms with Crippen molar-refractivity contribution in [3.8, 4) is 0 Å². The van der Waals surface area contributed by atoms with Gasteiger partial charge in [0.1, 0.15) is 12.7 Å². The summed E-state index contributed by atoms with van der Waals surface area (Å²) in [6.07, 6.45) is 2.95. The number of hydrogen-bond acceptors (Lipinski definition) is 5. The van der Waals surface area contributed by atoms with E-state index in [1.165, 1.54) is 12.4 Å². The molecular formula is C10H9BrFN5O2. The Hall–Kier alpha value is -2.03. The Balaban J connectivity index is 2.06. The number of nitrogens with one attached hydrogen (secondary N) is 1. The van der Waals surface area contributed by atoms with Crippen LogP contribution < -0.4 is 5.32 Å². The van der Waals surface area contributed by atoms with Gasteiger partial charge in [-0.25, -0.2) is 9.37 Å². The maximum Gasteiger partial charge on any atom is 0.273 e. The first-order chi connectivity index (χ1) is 9.08. The molecule has 19 heavy (non-hydrogen) atoms. The van der Waals surface area contributed by atoms with Gasteiger partial charge in [0.25, 0.3) is 5.69 Å². The minimum Gasteiger partial charge on any atom is -0.380 e. The molecular weight excluding hydrogens is 321 g/mol. The van der Waals surface area contributed by atoms with Crippen LogP contribution in [0.1, 0.15) is 0 Å². The van der Waals surface area contributed by atoms with Gasteiger partial charge < -0.3 is 5.32 Å². The van der Waals surface area contributed by atoms with Crippen LogP contribution in [-0.4, -0.2) is 26.2 Å². The van der Waals surface area contributed by atoms with Gasteiger partial charge in [-0.15, -0.1) is 0 Å². The highest BCUT2D eigenvalue weighted by molar-refractivity contribution is 9.10. The molecule has 1 aromatic carbocycles. The maximum atomic E-state index is 13.7. The Morgan fingerprint density at radius 1 is 1.53 bits per heavy atom. The van der Waals surface area contributed by atoms with Crippen LogP contribution in [0.5, 0.6) is 0 Å². The van der Waals surface area contributed by atoms with Crippen LogP contribution in [0.15, 0.2) is 29.3 Å². The number of anilines is 1. The van der Waals surface area contributed by atoms with Crippen LogP contribution in [0.3, 0.4) is 0 Å². The fourth-order valence-corrected chi connectivity index (χ4v) is 2.04. The molecule has 0 saturated carbocycles. The number of non-ortho nitro benzene ring substituents is 1. The maximum absolute atomic E-state index is 13.7. The quantitative estimate of drug-likeness (QED) is 0.671. The molecule has 0 unspecified atom stereocenters. The van der Waals surface area contributed by atoms with Gasteiger partial charge in [-0.3, -0.25) is 14.8 Å². The summed E-state index contributed by atoms with van der Waals surface area (Å²) in [4.78, 5) is 13.7.